The monoisotopic (exact) mass is 189 g/mol. The lowest BCUT2D eigenvalue weighted by Gasteiger charge is -1.93. The summed E-state index contributed by atoms with van der Waals surface area (Å²) in [5.74, 6) is -1.03. The van der Waals surface area contributed by atoms with Crippen molar-refractivity contribution in [2.75, 3.05) is 0 Å². The number of aromatic amines is 1. The fourth-order valence-electron chi connectivity index (χ4n) is 0.579. The first-order valence-electron chi connectivity index (χ1n) is 2.73. The van der Waals surface area contributed by atoms with Gasteiger partial charge in [-0.05, 0) is 6.07 Å². The van der Waals surface area contributed by atoms with Gasteiger partial charge in [0.1, 0.15) is 4.64 Å². The molecule has 58 valence electrons. The number of carbonyl (C=O) groups is 1. The minimum atomic E-state index is -1.03. The third-order valence-corrected chi connectivity index (χ3v) is 1.85. The van der Waals surface area contributed by atoms with E-state index < -0.39 is 5.97 Å². The molecule has 0 atom stereocenters. The Kier molecular flexibility index (Phi) is 2.26. The van der Waals surface area contributed by atoms with Gasteiger partial charge in [-0.3, -0.25) is 0 Å². The van der Waals surface area contributed by atoms with E-state index >= 15 is 0 Å². The first kappa shape index (κ1) is 8.23. The summed E-state index contributed by atoms with van der Waals surface area (Å²) in [4.78, 5) is 12.9. The Bertz CT molecular complexity index is 347. The van der Waals surface area contributed by atoms with E-state index in [1.165, 1.54) is 12.3 Å². The molecule has 5 heteroatoms. The third kappa shape index (κ3) is 1.78. The average Bonchev–Trinajstić information content (AvgIpc) is 1.94. The molecule has 0 saturated heterocycles. The summed E-state index contributed by atoms with van der Waals surface area (Å²) in [5.41, 5.74) is 0.101. The summed E-state index contributed by atoms with van der Waals surface area (Å²) in [6, 6.07) is 1.31. The Hall–Kier alpha value is -0.870. The van der Waals surface area contributed by atoms with Crippen molar-refractivity contribution in [2.45, 2.75) is 0 Å². The molecule has 0 saturated carbocycles. The Morgan fingerprint density at radius 1 is 1.73 bits per heavy atom. The molecule has 0 spiro atoms. The van der Waals surface area contributed by atoms with Crippen LogP contribution in [-0.2, 0) is 0 Å². The zero-order valence-electron chi connectivity index (χ0n) is 5.30. The second-order valence-electron chi connectivity index (χ2n) is 1.87. The molecule has 0 aliphatic rings. The number of hydrogen-bond acceptors (Lipinski definition) is 2. The molecule has 11 heavy (non-hydrogen) atoms. The number of nitrogens with one attached hydrogen (secondary N) is 1. The Labute approximate surface area is 72.6 Å². The van der Waals surface area contributed by atoms with Gasteiger partial charge < -0.3 is 10.1 Å². The van der Waals surface area contributed by atoms with Crippen LogP contribution in [0.4, 0.5) is 0 Å². The molecule has 1 aromatic rings. The van der Waals surface area contributed by atoms with Gasteiger partial charge in [-0.25, -0.2) is 4.79 Å². The Morgan fingerprint density at radius 3 is 2.82 bits per heavy atom. The molecule has 0 aromatic carbocycles. The van der Waals surface area contributed by atoms with Crippen LogP contribution in [0.3, 0.4) is 0 Å². The van der Waals surface area contributed by atoms with E-state index in [2.05, 4.69) is 4.98 Å². The first-order chi connectivity index (χ1) is 5.11. The number of carboxylic acid groups (broad SMARTS) is 1. The van der Waals surface area contributed by atoms with E-state index in [1.807, 2.05) is 0 Å². The number of hydrogen-bond donors (Lipinski definition) is 2. The van der Waals surface area contributed by atoms with E-state index in [0.29, 0.717) is 4.64 Å². The fourth-order valence-corrected chi connectivity index (χ4v) is 0.869. The molecule has 0 aliphatic carbocycles. The largest absolute Gasteiger partial charge is 0.478 e. The smallest absolute Gasteiger partial charge is 0.337 e. The standard InChI is InChI=1S/C6H4ClNO2S/c7-4-1-3(6(9)10)2-8-5(4)11/h1-2H,(H,8,11)(H,9,10). The second kappa shape index (κ2) is 3.02. The number of halogens is 1. The number of rotatable bonds is 1. The zero-order valence-corrected chi connectivity index (χ0v) is 6.87. The second-order valence-corrected chi connectivity index (χ2v) is 2.69. The van der Waals surface area contributed by atoms with Crippen molar-refractivity contribution in [3.05, 3.63) is 27.5 Å². The Balaban J connectivity index is 3.26. The molecule has 3 nitrogen and oxygen atoms in total. The maximum absolute atomic E-state index is 10.4. The van der Waals surface area contributed by atoms with Crippen LogP contribution >= 0.6 is 23.8 Å². The van der Waals surface area contributed by atoms with Gasteiger partial charge in [0, 0.05) is 6.20 Å². The minimum absolute atomic E-state index is 0.101. The first-order valence-corrected chi connectivity index (χ1v) is 3.51. The quantitative estimate of drug-likeness (QED) is 0.666. The summed E-state index contributed by atoms with van der Waals surface area (Å²) < 4.78 is 0.344. The molecule has 1 rings (SSSR count). The number of aromatic nitrogens is 1. The lowest BCUT2D eigenvalue weighted by atomic mass is 10.3. The van der Waals surface area contributed by atoms with Gasteiger partial charge in [-0.15, -0.1) is 0 Å². The maximum Gasteiger partial charge on any atom is 0.337 e. The van der Waals surface area contributed by atoms with Gasteiger partial charge in [0.15, 0.2) is 0 Å². The SMILES string of the molecule is O=C(O)c1c[nH]c(=S)c(Cl)c1. The molecule has 2 N–H and O–H groups in total. The van der Waals surface area contributed by atoms with E-state index in [1.54, 1.807) is 0 Å². The minimum Gasteiger partial charge on any atom is -0.478 e. The van der Waals surface area contributed by atoms with Gasteiger partial charge in [0.05, 0.1) is 10.6 Å². The fraction of sp³-hybridized carbons (Fsp3) is 0. The molecule has 0 fully saturated rings. The predicted octanol–water partition coefficient (Wildman–Crippen LogP) is 2.10. The van der Waals surface area contributed by atoms with Crippen LogP contribution in [-0.4, -0.2) is 16.1 Å². The lowest BCUT2D eigenvalue weighted by Crippen LogP contribution is -1.96. The molecule has 0 amide bonds. The highest BCUT2D eigenvalue weighted by atomic mass is 35.5. The molecule has 1 aromatic heterocycles. The topological polar surface area (TPSA) is 53.1 Å². The molecule has 0 unspecified atom stereocenters. The van der Waals surface area contributed by atoms with Gasteiger partial charge in [-0.1, -0.05) is 23.8 Å². The summed E-state index contributed by atoms with van der Waals surface area (Å²) in [7, 11) is 0. The molecule has 0 aliphatic heterocycles. The van der Waals surface area contributed by atoms with Crippen LogP contribution in [0.25, 0.3) is 0 Å². The zero-order chi connectivity index (χ0) is 8.43. The van der Waals surface area contributed by atoms with Gasteiger partial charge in [-0.2, -0.15) is 0 Å². The van der Waals surface area contributed by atoms with Gasteiger partial charge >= 0.3 is 5.97 Å². The molecule has 0 radical (unpaired) electrons. The van der Waals surface area contributed by atoms with E-state index in [0.717, 1.165) is 0 Å². The van der Waals surface area contributed by atoms with Crippen LogP contribution in [0, 0.1) is 4.64 Å². The lowest BCUT2D eigenvalue weighted by molar-refractivity contribution is 0.0696. The van der Waals surface area contributed by atoms with Crippen molar-refractivity contribution < 1.29 is 9.90 Å². The summed E-state index contributed by atoms with van der Waals surface area (Å²) in [5, 5.41) is 8.74. The maximum atomic E-state index is 10.4. The normalized spacial score (nSPS) is 9.55. The number of pyridine rings is 1. The Morgan fingerprint density at radius 2 is 2.36 bits per heavy atom. The molecule has 0 bridgehead atoms. The van der Waals surface area contributed by atoms with Crippen molar-refractivity contribution in [1.82, 2.24) is 4.98 Å². The summed E-state index contributed by atoms with van der Waals surface area (Å²) >= 11 is 10.3. The highest BCUT2D eigenvalue weighted by Gasteiger charge is 2.02. The highest BCUT2D eigenvalue weighted by Crippen LogP contribution is 2.10. The van der Waals surface area contributed by atoms with Crippen LogP contribution in [0.5, 0.6) is 0 Å². The van der Waals surface area contributed by atoms with Crippen molar-refractivity contribution in [2.24, 2.45) is 0 Å². The number of aromatic carboxylic acids is 1. The molecular weight excluding hydrogens is 186 g/mol. The van der Waals surface area contributed by atoms with Crippen molar-refractivity contribution >= 4 is 29.8 Å². The predicted molar refractivity (Wildman–Crippen MR) is 43.6 cm³/mol. The van der Waals surface area contributed by atoms with Crippen molar-refractivity contribution in [3.63, 3.8) is 0 Å². The number of H-pyrrole nitrogens is 1. The van der Waals surface area contributed by atoms with Crippen molar-refractivity contribution in [1.29, 1.82) is 0 Å². The number of carboxylic acids is 1. The van der Waals surface area contributed by atoms with E-state index in [-0.39, 0.29) is 10.6 Å². The molecular formula is C6H4ClNO2S. The summed E-state index contributed by atoms with van der Waals surface area (Å²) in [6.45, 7) is 0. The van der Waals surface area contributed by atoms with Crippen LogP contribution in [0.15, 0.2) is 12.3 Å². The summed E-state index contributed by atoms with van der Waals surface area (Å²) in [6.07, 6.45) is 1.30. The van der Waals surface area contributed by atoms with Crippen LogP contribution in [0.2, 0.25) is 5.02 Å². The van der Waals surface area contributed by atoms with Crippen molar-refractivity contribution in [3.8, 4) is 0 Å². The van der Waals surface area contributed by atoms with Crippen LogP contribution < -0.4 is 0 Å². The van der Waals surface area contributed by atoms with Gasteiger partial charge in [0.25, 0.3) is 0 Å². The van der Waals surface area contributed by atoms with E-state index in [9.17, 15) is 4.79 Å². The average molecular weight is 190 g/mol. The molecule has 1 heterocycles. The van der Waals surface area contributed by atoms with Gasteiger partial charge in [0.2, 0.25) is 0 Å². The third-order valence-electron chi connectivity index (χ3n) is 1.10. The van der Waals surface area contributed by atoms with E-state index in [4.69, 9.17) is 28.9 Å². The van der Waals surface area contributed by atoms with Crippen LogP contribution in [0.1, 0.15) is 10.4 Å². The highest BCUT2D eigenvalue weighted by molar-refractivity contribution is 7.71.